The summed E-state index contributed by atoms with van der Waals surface area (Å²) in [4.78, 5) is 0.712. The number of rotatable bonds is 0. The summed E-state index contributed by atoms with van der Waals surface area (Å²) in [6.07, 6.45) is 2.99. The zero-order valence-corrected chi connectivity index (χ0v) is 13.0. The molecule has 0 radical (unpaired) electrons. The van der Waals surface area contributed by atoms with Gasteiger partial charge < -0.3 is 0 Å². The van der Waals surface area contributed by atoms with Crippen molar-refractivity contribution in [3.63, 3.8) is 0 Å². The third-order valence-electron chi connectivity index (χ3n) is 4.02. The van der Waals surface area contributed by atoms with E-state index in [1.807, 2.05) is 6.92 Å². The predicted molar refractivity (Wildman–Crippen MR) is 84.1 cm³/mol. The van der Waals surface area contributed by atoms with Crippen molar-refractivity contribution >= 4 is 29.0 Å². The zero-order valence-electron chi connectivity index (χ0n) is 11.3. The van der Waals surface area contributed by atoms with Crippen LogP contribution in [0.1, 0.15) is 13.3 Å². The molecule has 2 aliphatic carbocycles. The molecule has 0 aromatic rings. The second-order valence-corrected chi connectivity index (χ2v) is 6.62. The molecule has 1 N–H and O–H groups in total. The van der Waals surface area contributed by atoms with E-state index in [2.05, 4.69) is 10.8 Å². The number of thiocarbonyl (C=S) groups is 1. The largest absolute Gasteiger partial charge is 0.414 e. The van der Waals surface area contributed by atoms with Crippen LogP contribution in [-0.4, -0.2) is 22.8 Å². The maximum atomic E-state index is 13.2. The number of hydrogen-bond donors (Lipinski definition) is 1. The molecule has 3 rings (SSSR count). The normalized spacial score (nSPS) is 29.4. The average molecular weight is 329 g/mol. The van der Waals surface area contributed by atoms with E-state index in [9.17, 15) is 13.2 Å². The summed E-state index contributed by atoms with van der Waals surface area (Å²) < 4.78 is 42.6. The monoisotopic (exact) mass is 329 g/mol. The number of nitrogens with one attached hydrogen (secondary N) is 1. The maximum Gasteiger partial charge on any atom is 0.414 e. The molecule has 0 amide bonds. The lowest BCUT2D eigenvalue weighted by atomic mass is 9.79. The summed E-state index contributed by atoms with van der Waals surface area (Å²) in [6, 6.07) is -0.830. The van der Waals surface area contributed by atoms with Crippen molar-refractivity contribution in [1.29, 1.82) is 0 Å². The van der Waals surface area contributed by atoms with Crippen LogP contribution in [-0.2, 0) is 0 Å². The first-order chi connectivity index (χ1) is 9.89. The van der Waals surface area contributed by atoms with Gasteiger partial charge in [0.1, 0.15) is 0 Å². The van der Waals surface area contributed by atoms with Crippen LogP contribution in [0.4, 0.5) is 13.2 Å². The number of allylic oxidation sites excluding steroid dienone is 5. The molecule has 6 heteroatoms. The minimum absolute atomic E-state index is 0.191. The van der Waals surface area contributed by atoms with E-state index in [-0.39, 0.29) is 5.92 Å². The lowest BCUT2D eigenvalue weighted by Gasteiger charge is -2.29. The standard InChI is InChI=1S/C15H14F3NS2/c1-8-5-6-9-7-21-19-13-10(12(9)14(8)20)3-2-4-11(13)15(16,17)18/h2-5,9,13,19H,6-7H2,1H3. The van der Waals surface area contributed by atoms with Gasteiger partial charge in [0.15, 0.2) is 0 Å². The van der Waals surface area contributed by atoms with Crippen molar-refractivity contribution in [3.05, 3.63) is 46.6 Å². The van der Waals surface area contributed by atoms with E-state index in [4.69, 9.17) is 12.2 Å². The molecule has 0 aromatic carbocycles. The quantitative estimate of drug-likeness (QED) is 0.526. The number of fused-ring (bicyclic) bond motifs is 2. The van der Waals surface area contributed by atoms with Crippen molar-refractivity contribution in [3.8, 4) is 0 Å². The van der Waals surface area contributed by atoms with E-state index in [0.717, 1.165) is 29.4 Å². The summed E-state index contributed by atoms with van der Waals surface area (Å²) in [5.74, 6) is 0.925. The molecule has 0 aromatic heterocycles. The SMILES string of the molecule is CC1=CCC2CSNC3C(C(F)(F)F)=CC=CC3=C2C1=S. The molecule has 21 heavy (non-hydrogen) atoms. The highest BCUT2D eigenvalue weighted by Gasteiger charge is 2.43. The van der Waals surface area contributed by atoms with Crippen LogP contribution in [0, 0.1) is 5.92 Å². The van der Waals surface area contributed by atoms with E-state index in [1.54, 1.807) is 6.08 Å². The molecule has 1 nitrogen and oxygen atoms in total. The summed E-state index contributed by atoms with van der Waals surface area (Å²) in [5.41, 5.74) is 2.04. The van der Waals surface area contributed by atoms with Crippen LogP contribution >= 0.6 is 24.2 Å². The highest BCUT2D eigenvalue weighted by atomic mass is 32.2. The van der Waals surface area contributed by atoms with E-state index in [0.29, 0.717) is 10.4 Å². The van der Waals surface area contributed by atoms with Crippen LogP contribution in [0.15, 0.2) is 46.6 Å². The second-order valence-electron chi connectivity index (χ2n) is 5.36. The van der Waals surface area contributed by atoms with Gasteiger partial charge in [-0.25, -0.2) is 0 Å². The molecule has 1 aliphatic heterocycles. The number of hydrogen-bond acceptors (Lipinski definition) is 3. The Morgan fingerprint density at radius 2 is 2.14 bits per heavy atom. The first-order valence-electron chi connectivity index (χ1n) is 6.68. The fraction of sp³-hybridized carbons (Fsp3) is 0.400. The lowest BCUT2D eigenvalue weighted by Crippen LogP contribution is -2.36. The summed E-state index contributed by atoms with van der Waals surface area (Å²) in [5, 5.41) is 0. The molecular weight excluding hydrogens is 315 g/mol. The molecule has 2 unspecified atom stereocenters. The first-order valence-corrected chi connectivity index (χ1v) is 8.07. The molecule has 0 fully saturated rings. The minimum Gasteiger partial charge on any atom is -0.252 e. The van der Waals surface area contributed by atoms with Crippen LogP contribution in [0.25, 0.3) is 0 Å². The Bertz CT molecular complexity index is 611. The second kappa shape index (κ2) is 5.41. The van der Waals surface area contributed by atoms with Crippen LogP contribution in [0.5, 0.6) is 0 Å². The fourth-order valence-corrected chi connectivity index (χ4v) is 4.31. The van der Waals surface area contributed by atoms with E-state index < -0.39 is 17.8 Å². The summed E-state index contributed by atoms with van der Waals surface area (Å²) >= 11 is 6.84. The molecule has 112 valence electrons. The molecule has 0 saturated heterocycles. The Kier molecular flexibility index (Phi) is 3.88. The maximum absolute atomic E-state index is 13.2. The third-order valence-corrected chi connectivity index (χ3v) is 5.53. The average Bonchev–Trinajstić information content (AvgIpc) is 2.61. The van der Waals surface area contributed by atoms with Gasteiger partial charge in [-0.15, -0.1) is 0 Å². The first kappa shape index (κ1) is 15.1. The highest BCUT2D eigenvalue weighted by Crippen LogP contribution is 2.41. The summed E-state index contributed by atoms with van der Waals surface area (Å²) in [6.45, 7) is 1.93. The van der Waals surface area contributed by atoms with Gasteiger partial charge in [-0.05, 0) is 36.0 Å². The van der Waals surface area contributed by atoms with Gasteiger partial charge in [-0.2, -0.15) is 13.2 Å². The lowest BCUT2D eigenvalue weighted by molar-refractivity contribution is -0.0949. The van der Waals surface area contributed by atoms with Crippen molar-refractivity contribution in [2.24, 2.45) is 5.92 Å². The van der Waals surface area contributed by atoms with Crippen molar-refractivity contribution < 1.29 is 13.2 Å². The van der Waals surface area contributed by atoms with Crippen LogP contribution in [0.2, 0.25) is 0 Å². The Hall–Kier alpha value is -0.850. The topological polar surface area (TPSA) is 12.0 Å². The summed E-state index contributed by atoms with van der Waals surface area (Å²) in [7, 11) is 0. The molecule has 3 aliphatic rings. The van der Waals surface area contributed by atoms with Crippen LogP contribution < -0.4 is 4.72 Å². The van der Waals surface area contributed by atoms with Crippen molar-refractivity contribution in [2.75, 3.05) is 5.75 Å². The smallest absolute Gasteiger partial charge is 0.252 e. The Morgan fingerprint density at radius 3 is 2.86 bits per heavy atom. The Morgan fingerprint density at radius 1 is 1.38 bits per heavy atom. The van der Waals surface area contributed by atoms with Gasteiger partial charge in [0.2, 0.25) is 0 Å². The van der Waals surface area contributed by atoms with E-state index >= 15 is 0 Å². The van der Waals surface area contributed by atoms with E-state index in [1.165, 1.54) is 18.0 Å². The van der Waals surface area contributed by atoms with Crippen LogP contribution in [0.3, 0.4) is 0 Å². The Balaban J connectivity index is 2.13. The molecule has 0 spiro atoms. The van der Waals surface area contributed by atoms with Gasteiger partial charge in [0.25, 0.3) is 0 Å². The molecule has 0 bridgehead atoms. The molecule has 2 atom stereocenters. The molecule has 0 saturated carbocycles. The molecule has 1 heterocycles. The predicted octanol–water partition coefficient (Wildman–Crippen LogP) is 4.30. The van der Waals surface area contributed by atoms with Gasteiger partial charge in [-0.3, -0.25) is 4.72 Å². The van der Waals surface area contributed by atoms with Crippen molar-refractivity contribution in [2.45, 2.75) is 25.6 Å². The van der Waals surface area contributed by atoms with Gasteiger partial charge in [-0.1, -0.05) is 48.5 Å². The number of alkyl halides is 3. The molecular formula is C15H14F3NS2. The van der Waals surface area contributed by atoms with Gasteiger partial charge in [0, 0.05) is 10.6 Å². The van der Waals surface area contributed by atoms with Crippen molar-refractivity contribution in [1.82, 2.24) is 4.72 Å². The minimum atomic E-state index is -4.34. The fourth-order valence-electron chi connectivity index (χ4n) is 2.92. The highest BCUT2D eigenvalue weighted by molar-refractivity contribution is 7.97. The third kappa shape index (κ3) is 2.64. The Labute approximate surface area is 131 Å². The zero-order chi connectivity index (χ0) is 15.2. The van der Waals surface area contributed by atoms with Gasteiger partial charge >= 0.3 is 6.18 Å². The number of halogens is 3. The van der Waals surface area contributed by atoms with Gasteiger partial charge in [0.05, 0.1) is 11.6 Å².